The van der Waals surface area contributed by atoms with Crippen LogP contribution in [0.25, 0.3) is 0 Å². The van der Waals surface area contributed by atoms with Crippen LogP contribution in [-0.2, 0) is 0 Å². The lowest BCUT2D eigenvalue weighted by Gasteiger charge is -2.33. The van der Waals surface area contributed by atoms with Crippen molar-refractivity contribution in [2.24, 2.45) is 22.6 Å². The lowest BCUT2D eigenvalue weighted by atomic mass is 9.95. The van der Waals surface area contributed by atoms with E-state index in [0.29, 0.717) is 17.8 Å². The summed E-state index contributed by atoms with van der Waals surface area (Å²) in [5, 5.41) is 8.94. The van der Waals surface area contributed by atoms with Crippen molar-refractivity contribution in [2.75, 3.05) is 26.2 Å². The summed E-state index contributed by atoms with van der Waals surface area (Å²) in [4.78, 5) is 6.56. The zero-order valence-electron chi connectivity index (χ0n) is 10.5. The molecule has 94 valence electrons. The van der Waals surface area contributed by atoms with Gasteiger partial charge in [-0.2, -0.15) is 0 Å². The van der Waals surface area contributed by atoms with E-state index in [-0.39, 0.29) is 6.61 Å². The summed E-state index contributed by atoms with van der Waals surface area (Å²) < 4.78 is 0. The minimum atomic E-state index is 0.279. The van der Waals surface area contributed by atoms with Gasteiger partial charge < -0.3 is 15.7 Å². The van der Waals surface area contributed by atoms with Crippen molar-refractivity contribution in [1.29, 1.82) is 0 Å². The molecule has 4 nitrogen and oxygen atoms in total. The van der Waals surface area contributed by atoms with Crippen LogP contribution in [-0.4, -0.2) is 42.2 Å². The Hall–Kier alpha value is -0.770. The predicted octanol–water partition coefficient (Wildman–Crippen LogP) is 1.05. The molecule has 0 aromatic rings. The molecule has 0 saturated carbocycles. The number of nitrogens with two attached hydrogens (primary N) is 1. The number of rotatable bonds is 4. The van der Waals surface area contributed by atoms with Crippen LogP contribution >= 0.6 is 0 Å². The summed E-state index contributed by atoms with van der Waals surface area (Å²) >= 11 is 0. The SMILES string of the molecule is CC(C)CN=C(N)N1CCCC(CCO)C1. The Balaban J connectivity index is 2.43. The van der Waals surface area contributed by atoms with Gasteiger partial charge in [0, 0.05) is 26.2 Å². The Labute approximate surface area is 98.5 Å². The molecule has 16 heavy (non-hydrogen) atoms. The van der Waals surface area contributed by atoms with Gasteiger partial charge in [0.15, 0.2) is 5.96 Å². The Kier molecular flexibility index (Phi) is 5.60. The van der Waals surface area contributed by atoms with E-state index in [1.165, 1.54) is 6.42 Å². The van der Waals surface area contributed by atoms with Gasteiger partial charge in [0.2, 0.25) is 0 Å². The second-order valence-electron chi connectivity index (χ2n) is 5.06. The lowest BCUT2D eigenvalue weighted by Crippen LogP contribution is -2.44. The van der Waals surface area contributed by atoms with E-state index >= 15 is 0 Å². The van der Waals surface area contributed by atoms with Crippen LogP contribution in [0.5, 0.6) is 0 Å². The Morgan fingerprint density at radius 1 is 1.56 bits per heavy atom. The highest BCUT2D eigenvalue weighted by atomic mass is 16.3. The van der Waals surface area contributed by atoms with Gasteiger partial charge in [0.05, 0.1) is 0 Å². The molecule has 1 heterocycles. The van der Waals surface area contributed by atoms with E-state index < -0.39 is 0 Å². The third-order valence-electron chi connectivity index (χ3n) is 3.00. The predicted molar refractivity (Wildman–Crippen MR) is 67.3 cm³/mol. The number of aliphatic imine (C=N–C) groups is 1. The van der Waals surface area contributed by atoms with Gasteiger partial charge in [-0.25, -0.2) is 0 Å². The molecule has 0 amide bonds. The first kappa shape index (κ1) is 13.3. The van der Waals surface area contributed by atoms with E-state index in [0.717, 1.165) is 32.5 Å². The average Bonchev–Trinajstić information content (AvgIpc) is 2.26. The Morgan fingerprint density at radius 2 is 2.31 bits per heavy atom. The summed E-state index contributed by atoms with van der Waals surface area (Å²) in [6.45, 7) is 7.32. The van der Waals surface area contributed by atoms with Crippen molar-refractivity contribution < 1.29 is 5.11 Å². The topological polar surface area (TPSA) is 61.8 Å². The van der Waals surface area contributed by atoms with Crippen molar-refractivity contribution in [1.82, 2.24) is 4.90 Å². The molecule has 4 heteroatoms. The van der Waals surface area contributed by atoms with Crippen molar-refractivity contribution in [3.05, 3.63) is 0 Å². The molecule has 1 unspecified atom stereocenters. The maximum absolute atomic E-state index is 8.94. The first-order chi connectivity index (χ1) is 7.63. The molecule has 1 aliphatic rings. The number of aliphatic hydroxyl groups excluding tert-OH is 1. The molecule has 0 radical (unpaired) electrons. The number of piperidine rings is 1. The number of aliphatic hydroxyl groups is 1. The van der Waals surface area contributed by atoms with E-state index in [4.69, 9.17) is 10.8 Å². The number of hydrogen-bond acceptors (Lipinski definition) is 2. The van der Waals surface area contributed by atoms with E-state index in [1.807, 2.05) is 0 Å². The zero-order valence-corrected chi connectivity index (χ0v) is 10.5. The summed E-state index contributed by atoms with van der Waals surface area (Å²) in [6.07, 6.45) is 3.24. The third-order valence-corrected chi connectivity index (χ3v) is 3.00. The molecule has 0 spiro atoms. The minimum absolute atomic E-state index is 0.279. The number of nitrogens with zero attached hydrogens (tertiary/aromatic N) is 2. The van der Waals surface area contributed by atoms with Crippen LogP contribution in [0.2, 0.25) is 0 Å². The van der Waals surface area contributed by atoms with Gasteiger partial charge in [-0.3, -0.25) is 4.99 Å². The first-order valence-electron chi connectivity index (χ1n) is 6.29. The highest BCUT2D eigenvalue weighted by Gasteiger charge is 2.20. The van der Waals surface area contributed by atoms with Gasteiger partial charge in [0.25, 0.3) is 0 Å². The second kappa shape index (κ2) is 6.74. The molecular formula is C12H25N3O. The monoisotopic (exact) mass is 227 g/mol. The van der Waals surface area contributed by atoms with Gasteiger partial charge in [-0.05, 0) is 31.1 Å². The number of guanidine groups is 1. The van der Waals surface area contributed by atoms with Crippen molar-refractivity contribution >= 4 is 5.96 Å². The molecule has 0 aromatic heterocycles. The quantitative estimate of drug-likeness (QED) is 0.557. The highest BCUT2D eigenvalue weighted by Crippen LogP contribution is 2.18. The van der Waals surface area contributed by atoms with Crippen molar-refractivity contribution in [3.63, 3.8) is 0 Å². The Bertz CT molecular complexity index is 226. The fourth-order valence-corrected chi connectivity index (χ4v) is 2.07. The molecule has 1 saturated heterocycles. The number of hydrogen-bond donors (Lipinski definition) is 2. The van der Waals surface area contributed by atoms with E-state index in [9.17, 15) is 0 Å². The molecule has 0 aliphatic carbocycles. The van der Waals surface area contributed by atoms with Crippen LogP contribution in [0.1, 0.15) is 33.1 Å². The average molecular weight is 227 g/mol. The minimum Gasteiger partial charge on any atom is -0.396 e. The largest absolute Gasteiger partial charge is 0.396 e. The van der Waals surface area contributed by atoms with E-state index in [2.05, 4.69) is 23.7 Å². The summed E-state index contributed by atoms with van der Waals surface area (Å²) in [5.74, 6) is 1.81. The van der Waals surface area contributed by atoms with Crippen LogP contribution in [0.15, 0.2) is 4.99 Å². The lowest BCUT2D eigenvalue weighted by molar-refractivity contribution is 0.197. The molecule has 0 bridgehead atoms. The summed E-state index contributed by atoms with van der Waals surface area (Å²) in [5.41, 5.74) is 5.97. The Morgan fingerprint density at radius 3 is 2.94 bits per heavy atom. The fourth-order valence-electron chi connectivity index (χ4n) is 2.07. The second-order valence-corrected chi connectivity index (χ2v) is 5.06. The smallest absolute Gasteiger partial charge is 0.191 e. The molecule has 1 atom stereocenters. The molecule has 0 aromatic carbocycles. The van der Waals surface area contributed by atoms with Crippen molar-refractivity contribution in [2.45, 2.75) is 33.1 Å². The molecule has 3 N–H and O–H groups in total. The van der Waals surface area contributed by atoms with Crippen molar-refractivity contribution in [3.8, 4) is 0 Å². The van der Waals surface area contributed by atoms with Crippen LogP contribution in [0.3, 0.4) is 0 Å². The summed E-state index contributed by atoms with van der Waals surface area (Å²) in [6, 6.07) is 0. The third kappa shape index (κ3) is 4.39. The van der Waals surface area contributed by atoms with Gasteiger partial charge >= 0.3 is 0 Å². The van der Waals surface area contributed by atoms with E-state index in [1.54, 1.807) is 0 Å². The van der Waals surface area contributed by atoms with Gasteiger partial charge in [-0.15, -0.1) is 0 Å². The zero-order chi connectivity index (χ0) is 12.0. The molecular weight excluding hydrogens is 202 g/mol. The maximum atomic E-state index is 8.94. The van der Waals surface area contributed by atoms with Crippen LogP contribution in [0.4, 0.5) is 0 Å². The molecule has 1 fully saturated rings. The van der Waals surface area contributed by atoms with Gasteiger partial charge in [0.1, 0.15) is 0 Å². The maximum Gasteiger partial charge on any atom is 0.191 e. The van der Waals surface area contributed by atoms with Crippen LogP contribution < -0.4 is 5.73 Å². The number of likely N-dealkylation sites (tertiary alicyclic amines) is 1. The standard InChI is InChI=1S/C12H25N3O/c1-10(2)8-14-12(13)15-6-3-4-11(9-15)5-7-16/h10-11,16H,3-9H2,1-2H3,(H2,13,14). The molecule has 1 rings (SSSR count). The van der Waals surface area contributed by atoms with Crippen LogP contribution in [0, 0.1) is 11.8 Å². The normalized spacial score (nSPS) is 22.9. The molecule has 1 aliphatic heterocycles. The highest BCUT2D eigenvalue weighted by molar-refractivity contribution is 5.78. The fraction of sp³-hybridized carbons (Fsp3) is 0.917. The summed E-state index contributed by atoms with van der Waals surface area (Å²) in [7, 11) is 0. The van der Waals surface area contributed by atoms with Gasteiger partial charge in [-0.1, -0.05) is 13.8 Å². The first-order valence-corrected chi connectivity index (χ1v) is 6.29.